The summed E-state index contributed by atoms with van der Waals surface area (Å²) < 4.78 is 5.37. The zero-order chi connectivity index (χ0) is 15.1. The van der Waals surface area contributed by atoms with E-state index in [1.165, 1.54) is 0 Å². The molecule has 3 nitrogen and oxygen atoms in total. The lowest BCUT2D eigenvalue weighted by molar-refractivity contribution is 0.101. The lowest BCUT2D eigenvalue weighted by Crippen LogP contribution is -2.34. The Balaban J connectivity index is 3.27. The summed E-state index contributed by atoms with van der Waals surface area (Å²) in [5.41, 5.74) is 1.70. The van der Waals surface area contributed by atoms with Crippen molar-refractivity contribution in [3.8, 4) is 5.75 Å². The summed E-state index contributed by atoms with van der Waals surface area (Å²) in [6.07, 6.45) is 3.32. The molecule has 0 saturated heterocycles. The van der Waals surface area contributed by atoms with Crippen molar-refractivity contribution in [1.82, 2.24) is 0 Å². The minimum absolute atomic E-state index is 0.0576. The monoisotopic (exact) mass is 277 g/mol. The van der Waals surface area contributed by atoms with Gasteiger partial charge in [0.25, 0.3) is 0 Å². The predicted molar refractivity (Wildman–Crippen MR) is 85.0 cm³/mol. The number of hydrogen-bond donors (Lipinski definition) is 0. The number of rotatable bonds is 8. The average molecular weight is 277 g/mol. The maximum absolute atomic E-state index is 12.0. The number of ketones is 1. The molecule has 1 aromatic rings. The third kappa shape index (κ3) is 3.75. The Morgan fingerprint density at radius 2 is 2.05 bits per heavy atom. The number of ether oxygens (including phenoxy) is 1. The maximum Gasteiger partial charge on any atom is 0.165 e. The van der Waals surface area contributed by atoms with Gasteiger partial charge in [0.15, 0.2) is 5.78 Å². The molecule has 0 bridgehead atoms. The summed E-state index contributed by atoms with van der Waals surface area (Å²) in [4.78, 5) is 14.4. The van der Waals surface area contributed by atoms with E-state index in [1.54, 1.807) is 14.0 Å². The van der Waals surface area contributed by atoms with Gasteiger partial charge in [-0.2, -0.15) is 0 Å². The smallest absolute Gasteiger partial charge is 0.165 e. The van der Waals surface area contributed by atoms with E-state index in [9.17, 15) is 4.79 Å². The molecule has 0 aliphatic heterocycles. The Morgan fingerprint density at radius 1 is 1.35 bits per heavy atom. The highest BCUT2D eigenvalue weighted by Gasteiger charge is 2.21. The number of methoxy groups -OCH3 is 1. The van der Waals surface area contributed by atoms with Crippen LogP contribution in [0.5, 0.6) is 5.75 Å². The van der Waals surface area contributed by atoms with Crippen LogP contribution in [0.15, 0.2) is 18.2 Å². The molecular weight excluding hydrogens is 250 g/mol. The number of hydrogen-bond acceptors (Lipinski definition) is 3. The molecule has 1 rings (SSSR count). The van der Waals surface area contributed by atoms with Crippen LogP contribution in [0.25, 0.3) is 0 Å². The Morgan fingerprint density at radius 3 is 2.55 bits per heavy atom. The molecule has 0 heterocycles. The number of benzene rings is 1. The molecule has 0 radical (unpaired) electrons. The normalized spacial score (nSPS) is 12.1. The van der Waals surface area contributed by atoms with Gasteiger partial charge in [-0.15, -0.1) is 0 Å². The van der Waals surface area contributed by atoms with Gasteiger partial charge in [0.1, 0.15) is 5.75 Å². The van der Waals surface area contributed by atoms with Gasteiger partial charge >= 0.3 is 0 Å². The maximum atomic E-state index is 12.0. The van der Waals surface area contributed by atoms with Gasteiger partial charge in [-0.05, 0) is 38.8 Å². The van der Waals surface area contributed by atoms with Crippen LogP contribution in [-0.2, 0) is 0 Å². The highest BCUT2D eigenvalue weighted by atomic mass is 16.5. The van der Waals surface area contributed by atoms with E-state index in [0.29, 0.717) is 17.4 Å². The molecule has 3 heteroatoms. The Bertz CT molecular complexity index is 443. The average Bonchev–Trinajstić information content (AvgIpc) is 2.46. The van der Waals surface area contributed by atoms with Crippen LogP contribution in [0.3, 0.4) is 0 Å². The van der Waals surface area contributed by atoms with E-state index < -0.39 is 0 Å². The van der Waals surface area contributed by atoms with E-state index in [-0.39, 0.29) is 5.78 Å². The first kappa shape index (κ1) is 16.5. The first-order valence-corrected chi connectivity index (χ1v) is 7.51. The fourth-order valence-electron chi connectivity index (χ4n) is 2.41. The summed E-state index contributed by atoms with van der Waals surface area (Å²) >= 11 is 0. The molecule has 0 aliphatic rings. The van der Waals surface area contributed by atoms with Crippen molar-refractivity contribution in [2.75, 3.05) is 18.6 Å². The second kappa shape index (κ2) is 7.93. The van der Waals surface area contributed by atoms with Gasteiger partial charge in [0.05, 0.1) is 18.4 Å². The molecule has 1 atom stereocenters. The van der Waals surface area contributed by atoms with Crippen molar-refractivity contribution in [1.29, 1.82) is 0 Å². The van der Waals surface area contributed by atoms with Gasteiger partial charge in [-0.25, -0.2) is 0 Å². The number of nitrogens with zero attached hydrogens (tertiary/aromatic N) is 1. The van der Waals surface area contributed by atoms with Crippen LogP contribution < -0.4 is 9.64 Å². The summed E-state index contributed by atoms with van der Waals surface area (Å²) in [5.74, 6) is 0.724. The molecule has 1 unspecified atom stereocenters. The van der Waals surface area contributed by atoms with E-state index in [0.717, 1.165) is 31.5 Å². The zero-order valence-electron chi connectivity index (χ0n) is 13.4. The van der Waals surface area contributed by atoms with Crippen LogP contribution in [0.2, 0.25) is 0 Å². The molecule has 0 aliphatic carbocycles. The summed E-state index contributed by atoms with van der Waals surface area (Å²) in [6, 6.07) is 6.25. The van der Waals surface area contributed by atoms with Crippen LogP contribution in [0.1, 0.15) is 57.3 Å². The minimum atomic E-state index is 0.0576. The quantitative estimate of drug-likeness (QED) is 0.663. The van der Waals surface area contributed by atoms with Crippen molar-refractivity contribution >= 4 is 11.5 Å². The summed E-state index contributed by atoms with van der Waals surface area (Å²) in [6.45, 7) is 9.15. The van der Waals surface area contributed by atoms with Crippen molar-refractivity contribution in [2.45, 2.75) is 53.0 Å². The van der Waals surface area contributed by atoms with Gasteiger partial charge < -0.3 is 9.64 Å². The Labute approximate surface area is 122 Å². The second-order valence-corrected chi connectivity index (χ2v) is 5.21. The van der Waals surface area contributed by atoms with Crippen LogP contribution in [0.4, 0.5) is 5.69 Å². The predicted octanol–water partition coefficient (Wildman–Crippen LogP) is 4.30. The van der Waals surface area contributed by atoms with Crippen molar-refractivity contribution in [2.24, 2.45) is 0 Å². The van der Waals surface area contributed by atoms with Crippen molar-refractivity contribution < 1.29 is 9.53 Å². The Hall–Kier alpha value is -1.51. The van der Waals surface area contributed by atoms with E-state index in [1.807, 2.05) is 18.2 Å². The highest BCUT2D eigenvalue weighted by Crippen LogP contribution is 2.31. The van der Waals surface area contributed by atoms with Crippen LogP contribution >= 0.6 is 0 Å². The molecular formula is C17H27NO2. The molecule has 20 heavy (non-hydrogen) atoms. The fourth-order valence-corrected chi connectivity index (χ4v) is 2.41. The topological polar surface area (TPSA) is 29.5 Å². The fraction of sp³-hybridized carbons (Fsp3) is 0.588. The molecule has 0 N–H and O–H groups in total. The van der Waals surface area contributed by atoms with Gasteiger partial charge in [0.2, 0.25) is 0 Å². The number of carbonyl (C=O) groups excluding carboxylic acids is 1. The first-order valence-electron chi connectivity index (χ1n) is 7.51. The number of unbranched alkanes of at least 4 members (excludes halogenated alkanes) is 1. The second-order valence-electron chi connectivity index (χ2n) is 5.21. The molecule has 0 fully saturated rings. The lowest BCUT2D eigenvalue weighted by atomic mass is 10.0. The van der Waals surface area contributed by atoms with Crippen LogP contribution in [0, 0.1) is 0 Å². The number of Topliss-reactive ketones (excluding diaryl/α,β-unsaturated/α-hetero) is 1. The Kier molecular flexibility index (Phi) is 6.56. The molecule has 0 saturated carbocycles. The molecule has 1 aromatic carbocycles. The van der Waals surface area contributed by atoms with Crippen molar-refractivity contribution in [3.05, 3.63) is 23.8 Å². The third-order valence-electron chi connectivity index (χ3n) is 3.76. The van der Waals surface area contributed by atoms with Crippen molar-refractivity contribution in [3.63, 3.8) is 0 Å². The van der Waals surface area contributed by atoms with E-state index in [2.05, 4.69) is 25.7 Å². The van der Waals surface area contributed by atoms with E-state index in [4.69, 9.17) is 4.74 Å². The van der Waals surface area contributed by atoms with Gasteiger partial charge in [-0.3, -0.25) is 4.79 Å². The molecule has 0 aromatic heterocycles. The SMILES string of the molecule is CCCCN(c1cccc(OC)c1C(C)=O)C(C)CC. The standard InChI is InChI=1S/C17H27NO2/c1-6-8-12-18(13(3)7-2)15-10-9-11-16(20-5)17(15)14(4)19/h9-11,13H,6-8,12H2,1-5H3. The molecule has 0 spiro atoms. The number of carbonyl (C=O) groups is 1. The zero-order valence-corrected chi connectivity index (χ0v) is 13.4. The van der Waals surface area contributed by atoms with Gasteiger partial charge in [-0.1, -0.05) is 26.3 Å². The molecule has 0 amide bonds. The van der Waals surface area contributed by atoms with E-state index >= 15 is 0 Å². The van der Waals surface area contributed by atoms with Crippen LogP contribution in [-0.4, -0.2) is 25.5 Å². The first-order chi connectivity index (χ1) is 9.56. The van der Waals surface area contributed by atoms with Gasteiger partial charge in [0, 0.05) is 12.6 Å². The largest absolute Gasteiger partial charge is 0.496 e. The highest BCUT2D eigenvalue weighted by molar-refractivity contribution is 6.02. The lowest BCUT2D eigenvalue weighted by Gasteiger charge is -2.32. The summed E-state index contributed by atoms with van der Waals surface area (Å²) in [7, 11) is 1.62. The third-order valence-corrected chi connectivity index (χ3v) is 3.76. The minimum Gasteiger partial charge on any atom is -0.496 e. The molecule has 112 valence electrons. The number of anilines is 1. The summed E-state index contributed by atoms with van der Waals surface area (Å²) in [5, 5.41) is 0.